The highest BCUT2D eigenvalue weighted by atomic mass is 16.1. The van der Waals surface area contributed by atoms with Crippen molar-refractivity contribution >= 4 is 22.5 Å². The largest absolute Gasteiger partial charge is 0.363 e. The number of anilines is 1. The first-order valence-corrected chi connectivity index (χ1v) is 9.93. The fourth-order valence-electron chi connectivity index (χ4n) is 4.04. The van der Waals surface area contributed by atoms with Crippen LogP contribution in [-0.2, 0) is 0 Å². The molecule has 1 aromatic carbocycles. The number of nitrogens with one attached hydrogen (secondary N) is 1. The Labute approximate surface area is 170 Å². The number of hydrogen-bond donors (Lipinski definition) is 2. The van der Waals surface area contributed by atoms with Crippen LogP contribution in [0.2, 0.25) is 0 Å². The van der Waals surface area contributed by atoms with Crippen molar-refractivity contribution in [1.82, 2.24) is 20.3 Å². The smallest absolute Gasteiger partial charge is 0.286 e. The normalized spacial score (nSPS) is 17.6. The summed E-state index contributed by atoms with van der Waals surface area (Å²) >= 11 is 0. The Morgan fingerprint density at radius 1 is 1.24 bits per heavy atom. The summed E-state index contributed by atoms with van der Waals surface area (Å²) in [6.45, 7) is 7.70. The number of hydrogen-bond acceptors (Lipinski definition) is 6. The number of nitrogens with two attached hydrogens (primary N) is 1. The second-order valence-electron chi connectivity index (χ2n) is 7.68. The van der Waals surface area contributed by atoms with Gasteiger partial charge in [-0.2, -0.15) is 0 Å². The second kappa shape index (κ2) is 7.75. The molecule has 7 nitrogen and oxygen atoms in total. The molecule has 1 amide bonds. The van der Waals surface area contributed by atoms with Crippen molar-refractivity contribution in [2.75, 3.05) is 18.0 Å². The molecular formula is C22H26N6O. The van der Waals surface area contributed by atoms with Crippen molar-refractivity contribution in [3.05, 3.63) is 59.3 Å². The molecule has 3 aromatic rings. The van der Waals surface area contributed by atoms with Crippen LogP contribution in [0.15, 0.2) is 36.5 Å². The Morgan fingerprint density at radius 3 is 2.83 bits per heavy atom. The van der Waals surface area contributed by atoms with Gasteiger partial charge in [0.2, 0.25) is 5.82 Å². The first-order chi connectivity index (χ1) is 13.9. The molecule has 150 valence electrons. The molecule has 29 heavy (non-hydrogen) atoms. The van der Waals surface area contributed by atoms with Crippen molar-refractivity contribution in [3.63, 3.8) is 0 Å². The number of aromatic nitrogens is 3. The van der Waals surface area contributed by atoms with Gasteiger partial charge in [0, 0.05) is 48.0 Å². The number of fused-ring (bicyclic) bond motifs is 1. The molecule has 0 aliphatic carbocycles. The number of nitrogens with zero attached hydrogens (tertiary/aromatic N) is 4. The van der Waals surface area contributed by atoms with Crippen LogP contribution < -0.4 is 16.0 Å². The van der Waals surface area contributed by atoms with E-state index in [9.17, 15) is 4.79 Å². The zero-order valence-electron chi connectivity index (χ0n) is 17.0. The fourth-order valence-corrected chi connectivity index (χ4v) is 4.04. The molecule has 3 heterocycles. The van der Waals surface area contributed by atoms with Crippen molar-refractivity contribution in [2.24, 2.45) is 5.73 Å². The quantitative estimate of drug-likeness (QED) is 0.695. The number of amides is 1. The van der Waals surface area contributed by atoms with Crippen LogP contribution in [0.5, 0.6) is 0 Å². The van der Waals surface area contributed by atoms with E-state index in [-0.39, 0.29) is 11.9 Å². The Balaban J connectivity index is 1.51. The zero-order chi connectivity index (χ0) is 20.5. The molecule has 1 saturated heterocycles. The van der Waals surface area contributed by atoms with Gasteiger partial charge in [0.25, 0.3) is 5.91 Å². The lowest BCUT2D eigenvalue weighted by Crippen LogP contribution is -2.35. The molecule has 3 N–H and O–H groups in total. The molecule has 0 bridgehead atoms. The monoisotopic (exact) mass is 390 g/mol. The molecule has 1 aliphatic rings. The predicted octanol–water partition coefficient (Wildman–Crippen LogP) is 2.67. The number of benzene rings is 1. The van der Waals surface area contributed by atoms with Gasteiger partial charge in [-0.1, -0.05) is 24.3 Å². The van der Waals surface area contributed by atoms with E-state index < -0.39 is 5.91 Å². The van der Waals surface area contributed by atoms with Crippen molar-refractivity contribution in [2.45, 2.75) is 39.3 Å². The Bertz CT molecular complexity index is 1060. The number of carbonyl (C=O) groups excluding carboxylic acids is 1. The van der Waals surface area contributed by atoms with E-state index in [4.69, 9.17) is 5.73 Å². The van der Waals surface area contributed by atoms with E-state index in [1.54, 1.807) is 0 Å². The number of rotatable bonds is 5. The Kier molecular flexibility index (Phi) is 5.15. The number of pyridine rings is 1. The molecule has 1 fully saturated rings. The van der Waals surface area contributed by atoms with Crippen molar-refractivity contribution < 1.29 is 4.79 Å². The molecule has 7 heteroatoms. The van der Waals surface area contributed by atoms with E-state index in [0.717, 1.165) is 42.3 Å². The summed E-state index contributed by atoms with van der Waals surface area (Å²) in [6, 6.07) is 10.8. The van der Waals surface area contributed by atoms with E-state index in [0.29, 0.717) is 6.04 Å². The van der Waals surface area contributed by atoms with Gasteiger partial charge in [0.05, 0.1) is 5.69 Å². The third kappa shape index (κ3) is 3.78. The number of carbonyl (C=O) groups is 1. The second-order valence-corrected chi connectivity index (χ2v) is 7.68. The summed E-state index contributed by atoms with van der Waals surface area (Å²) < 4.78 is 0. The Morgan fingerprint density at radius 2 is 2.03 bits per heavy atom. The van der Waals surface area contributed by atoms with E-state index in [1.165, 1.54) is 10.8 Å². The van der Waals surface area contributed by atoms with Gasteiger partial charge < -0.3 is 16.0 Å². The van der Waals surface area contributed by atoms with Crippen LogP contribution in [0.4, 0.5) is 5.82 Å². The first kappa shape index (κ1) is 19.3. The SMILES string of the molecule is Cc1nc(C(N)=O)nc(N2CC[C@@H](NC(C)c3nccc4ccccc34)C2)c1C. The lowest BCUT2D eigenvalue weighted by atomic mass is 10.0. The molecule has 4 rings (SSSR count). The fraction of sp³-hybridized carbons (Fsp3) is 0.364. The minimum Gasteiger partial charge on any atom is -0.363 e. The summed E-state index contributed by atoms with van der Waals surface area (Å²) in [5.74, 6) is 0.276. The van der Waals surface area contributed by atoms with Gasteiger partial charge >= 0.3 is 0 Å². The van der Waals surface area contributed by atoms with E-state index in [1.807, 2.05) is 38.2 Å². The summed E-state index contributed by atoms with van der Waals surface area (Å²) in [5, 5.41) is 6.10. The van der Waals surface area contributed by atoms with Crippen LogP contribution in [0.3, 0.4) is 0 Å². The average molecular weight is 390 g/mol. The standard InChI is InChI=1S/C22H26N6O/c1-13-14(2)26-21(20(23)29)27-22(13)28-11-9-17(12-28)25-15(3)19-18-7-5-4-6-16(18)8-10-24-19/h4-8,10,15,17,25H,9,11-12H2,1-3H3,(H2,23,29)/t15?,17-/m1/s1. The Hall–Kier alpha value is -3.06. The minimum absolute atomic E-state index is 0.0767. The van der Waals surface area contributed by atoms with Gasteiger partial charge in [-0.15, -0.1) is 0 Å². The van der Waals surface area contributed by atoms with Gasteiger partial charge in [-0.05, 0) is 38.6 Å². The van der Waals surface area contributed by atoms with Crippen molar-refractivity contribution in [3.8, 4) is 0 Å². The van der Waals surface area contributed by atoms with Crippen LogP contribution in [0.1, 0.15) is 47.0 Å². The van der Waals surface area contributed by atoms with Crippen LogP contribution in [-0.4, -0.2) is 40.0 Å². The minimum atomic E-state index is -0.598. The maximum atomic E-state index is 11.6. The molecule has 1 aliphatic heterocycles. The van der Waals surface area contributed by atoms with Crippen molar-refractivity contribution in [1.29, 1.82) is 0 Å². The summed E-state index contributed by atoms with van der Waals surface area (Å²) in [6.07, 6.45) is 2.86. The molecule has 0 radical (unpaired) electrons. The maximum Gasteiger partial charge on any atom is 0.286 e. The summed E-state index contributed by atoms with van der Waals surface area (Å²) in [4.78, 5) is 27.0. The highest BCUT2D eigenvalue weighted by Gasteiger charge is 2.27. The number of primary amides is 1. The molecule has 2 aromatic heterocycles. The molecule has 0 saturated carbocycles. The van der Waals surface area contributed by atoms with E-state index in [2.05, 4.69) is 44.2 Å². The zero-order valence-corrected chi connectivity index (χ0v) is 17.0. The average Bonchev–Trinajstić information content (AvgIpc) is 3.17. The molecule has 1 unspecified atom stereocenters. The lowest BCUT2D eigenvalue weighted by molar-refractivity contribution is 0.0990. The first-order valence-electron chi connectivity index (χ1n) is 9.93. The highest BCUT2D eigenvalue weighted by molar-refractivity contribution is 5.89. The number of aryl methyl sites for hydroxylation is 1. The van der Waals surface area contributed by atoms with Crippen LogP contribution >= 0.6 is 0 Å². The maximum absolute atomic E-state index is 11.6. The third-order valence-electron chi connectivity index (χ3n) is 5.67. The molecule has 2 atom stereocenters. The van der Waals surface area contributed by atoms with Crippen LogP contribution in [0.25, 0.3) is 10.8 Å². The highest BCUT2D eigenvalue weighted by Crippen LogP contribution is 2.26. The van der Waals surface area contributed by atoms with E-state index >= 15 is 0 Å². The molecular weight excluding hydrogens is 364 g/mol. The summed E-state index contributed by atoms with van der Waals surface area (Å²) in [7, 11) is 0. The van der Waals surface area contributed by atoms with Crippen LogP contribution in [0, 0.1) is 13.8 Å². The molecule has 0 spiro atoms. The van der Waals surface area contributed by atoms with Gasteiger partial charge in [0.15, 0.2) is 0 Å². The topological polar surface area (TPSA) is 97.0 Å². The van der Waals surface area contributed by atoms with Gasteiger partial charge in [0.1, 0.15) is 5.82 Å². The third-order valence-corrected chi connectivity index (χ3v) is 5.67. The predicted molar refractivity (Wildman–Crippen MR) is 114 cm³/mol. The van der Waals surface area contributed by atoms with Gasteiger partial charge in [-0.3, -0.25) is 9.78 Å². The van der Waals surface area contributed by atoms with Gasteiger partial charge in [-0.25, -0.2) is 9.97 Å². The lowest BCUT2D eigenvalue weighted by Gasteiger charge is -2.23. The summed E-state index contributed by atoms with van der Waals surface area (Å²) in [5.41, 5.74) is 8.23.